The van der Waals surface area contributed by atoms with E-state index < -0.39 is 27.4 Å². The number of fused-ring (bicyclic) bond motifs is 1. The average Bonchev–Trinajstić information content (AvgIpc) is 2.82. The Morgan fingerprint density at radius 3 is 2.31 bits per heavy atom. The number of hydrogen-bond donors (Lipinski definition) is 1. The Bertz CT molecular complexity index is 1530. The number of halogens is 3. The Hall–Kier alpha value is -3.08. The maximum Gasteiger partial charge on any atom is 0.417 e. The highest BCUT2D eigenvalue weighted by atomic mass is 32.2. The zero-order chi connectivity index (χ0) is 25.2. The van der Waals surface area contributed by atoms with Gasteiger partial charge in [0.15, 0.2) is 0 Å². The van der Waals surface area contributed by atoms with Crippen molar-refractivity contribution in [3.8, 4) is 0 Å². The Morgan fingerprint density at radius 2 is 1.63 bits per heavy atom. The Balaban J connectivity index is 1.53. The molecule has 1 N–H and O–H groups in total. The molecule has 4 rings (SSSR count). The van der Waals surface area contributed by atoms with E-state index in [2.05, 4.69) is 4.72 Å². The summed E-state index contributed by atoms with van der Waals surface area (Å²) in [5.41, 5.74) is -0.142. The first-order chi connectivity index (χ1) is 16.6. The highest BCUT2D eigenvalue weighted by Gasteiger charge is 2.33. The summed E-state index contributed by atoms with van der Waals surface area (Å²) in [6, 6.07) is 18.3. The SMILES string of the molecule is CSc1ccccc1CNS(=O)(=O)c1ccc(Cc2ccc3oc(=O)cc(C(F)(F)F)c3c2)cc1. The first-order valence-electron chi connectivity index (χ1n) is 10.4. The van der Waals surface area contributed by atoms with Crippen molar-refractivity contribution in [1.82, 2.24) is 4.72 Å². The van der Waals surface area contributed by atoms with E-state index in [0.717, 1.165) is 10.5 Å². The average molecular weight is 520 g/mol. The zero-order valence-corrected chi connectivity index (χ0v) is 20.1. The molecule has 0 saturated carbocycles. The molecular weight excluding hydrogens is 499 g/mol. The van der Waals surface area contributed by atoms with Gasteiger partial charge in [0.25, 0.3) is 0 Å². The molecular formula is C25H20F3NO4S2. The lowest BCUT2D eigenvalue weighted by molar-refractivity contribution is -0.136. The van der Waals surface area contributed by atoms with Gasteiger partial charge in [-0.15, -0.1) is 11.8 Å². The van der Waals surface area contributed by atoms with Gasteiger partial charge in [-0.2, -0.15) is 13.2 Å². The van der Waals surface area contributed by atoms with E-state index >= 15 is 0 Å². The molecule has 0 aliphatic rings. The molecule has 3 aromatic carbocycles. The van der Waals surface area contributed by atoms with Crippen molar-refractivity contribution >= 4 is 32.8 Å². The standard InChI is InChI=1S/C25H20F3NO4S2/c1-34-23-5-3-2-4-18(23)15-29-35(31,32)19-9-6-16(7-10-19)12-17-8-11-22-20(13-17)21(25(26,27)28)14-24(30)33-22/h2-11,13-14,29H,12,15H2,1H3. The van der Waals surface area contributed by atoms with Crippen LogP contribution in [-0.4, -0.2) is 14.7 Å². The molecule has 182 valence electrons. The van der Waals surface area contributed by atoms with Crippen LogP contribution in [0.4, 0.5) is 13.2 Å². The molecule has 5 nitrogen and oxygen atoms in total. The van der Waals surface area contributed by atoms with Gasteiger partial charge in [0.05, 0.1) is 10.5 Å². The normalized spacial score (nSPS) is 12.2. The lowest BCUT2D eigenvalue weighted by Crippen LogP contribution is -2.23. The van der Waals surface area contributed by atoms with E-state index in [0.29, 0.717) is 17.2 Å². The van der Waals surface area contributed by atoms with Crippen molar-refractivity contribution in [2.75, 3.05) is 6.26 Å². The second kappa shape index (κ2) is 9.88. The van der Waals surface area contributed by atoms with E-state index in [1.807, 2.05) is 30.5 Å². The highest BCUT2D eigenvalue weighted by molar-refractivity contribution is 7.98. The van der Waals surface area contributed by atoms with Crippen LogP contribution in [0.15, 0.2) is 91.8 Å². The number of rotatable bonds is 7. The van der Waals surface area contributed by atoms with Crippen LogP contribution < -0.4 is 10.3 Å². The topological polar surface area (TPSA) is 76.4 Å². The molecule has 0 bridgehead atoms. The zero-order valence-electron chi connectivity index (χ0n) is 18.4. The summed E-state index contributed by atoms with van der Waals surface area (Å²) in [5, 5.41) is -0.205. The van der Waals surface area contributed by atoms with E-state index in [4.69, 9.17) is 4.42 Å². The minimum absolute atomic E-state index is 0.0857. The summed E-state index contributed by atoms with van der Waals surface area (Å²) >= 11 is 1.53. The second-order valence-electron chi connectivity index (χ2n) is 7.76. The van der Waals surface area contributed by atoms with Gasteiger partial charge in [0.1, 0.15) is 5.58 Å². The highest BCUT2D eigenvalue weighted by Crippen LogP contribution is 2.34. The largest absolute Gasteiger partial charge is 0.423 e. The Labute approximate surface area is 204 Å². The number of thioether (sulfide) groups is 1. The van der Waals surface area contributed by atoms with E-state index in [1.54, 1.807) is 18.2 Å². The van der Waals surface area contributed by atoms with Crippen LogP contribution >= 0.6 is 11.8 Å². The van der Waals surface area contributed by atoms with Crippen LogP contribution in [0, 0.1) is 0 Å². The number of benzene rings is 3. The first-order valence-corrected chi connectivity index (χ1v) is 13.1. The van der Waals surface area contributed by atoms with Gasteiger partial charge in [-0.25, -0.2) is 17.9 Å². The summed E-state index contributed by atoms with van der Waals surface area (Å²) in [6.07, 6.45) is -2.52. The van der Waals surface area contributed by atoms with Gasteiger partial charge in [-0.05, 0) is 59.7 Å². The number of hydrogen-bond acceptors (Lipinski definition) is 5. The van der Waals surface area contributed by atoms with Crippen LogP contribution in [0.25, 0.3) is 11.0 Å². The van der Waals surface area contributed by atoms with Gasteiger partial charge in [0.2, 0.25) is 10.0 Å². The van der Waals surface area contributed by atoms with Crippen molar-refractivity contribution < 1.29 is 26.0 Å². The minimum atomic E-state index is -4.70. The lowest BCUT2D eigenvalue weighted by Gasteiger charge is -2.11. The fourth-order valence-electron chi connectivity index (χ4n) is 3.68. The molecule has 0 aliphatic carbocycles. The molecule has 10 heteroatoms. The molecule has 4 aromatic rings. The van der Waals surface area contributed by atoms with E-state index in [1.165, 1.54) is 36.0 Å². The molecule has 0 saturated heterocycles. The van der Waals surface area contributed by atoms with E-state index in [-0.39, 0.29) is 28.8 Å². The third kappa shape index (κ3) is 5.77. The van der Waals surface area contributed by atoms with E-state index in [9.17, 15) is 26.4 Å². The van der Waals surface area contributed by atoms with Crippen LogP contribution in [0.5, 0.6) is 0 Å². The maximum atomic E-state index is 13.4. The number of sulfonamides is 1. The molecule has 0 amide bonds. The summed E-state index contributed by atoms with van der Waals surface area (Å²) in [6.45, 7) is 0.149. The molecule has 0 aliphatic heterocycles. The van der Waals surface area contributed by atoms with Gasteiger partial charge < -0.3 is 4.42 Å². The molecule has 35 heavy (non-hydrogen) atoms. The van der Waals surface area contributed by atoms with Crippen molar-refractivity contribution in [2.45, 2.75) is 28.9 Å². The molecule has 0 unspecified atom stereocenters. The third-order valence-electron chi connectivity index (χ3n) is 5.40. The minimum Gasteiger partial charge on any atom is -0.423 e. The second-order valence-corrected chi connectivity index (χ2v) is 10.4. The van der Waals surface area contributed by atoms with Crippen molar-refractivity contribution in [2.24, 2.45) is 0 Å². The number of alkyl halides is 3. The summed E-state index contributed by atoms with van der Waals surface area (Å²) < 4.78 is 73.1. The smallest absolute Gasteiger partial charge is 0.417 e. The van der Waals surface area contributed by atoms with Crippen LogP contribution in [0.2, 0.25) is 0 Å². The first kappa shape index (κ1) is 25.0. The van der Waals surface area contributed by atoms with Crippen LogP contribution in [-0.2, 0) is 29.2 Å². The molecule has 1 aromatic heterocycles. The third-order valence-corrected chi connectivity index (χ3v) is 7.65. The predicted octanol–water partition coefficient (Wildman–Crippen LogP) is 5.60. The molecule has 0 spiro atoms. The summed E-state index contributed by atoms with van der Waals surface area (Å²) in [4.78, 5) is 12.5. The molecule has 0 atom stereocenters. The van der Waals surface area contributed by atoms with Crippen molar-refractivity contribution in [3.63, 3.8) is 0 Å². The van der Waals surface area contributed by atoms with Gasteiger partial charge in [-0.3, -0.25) is 0 Å². The predicted molar refractivity (Wildman–Crippen MR) is 129 cm³/mol. The summed E-state index contributed by atoms with van der Waals surface area (Å²) in [7, 11) is -3.75. The van der Waals surface area contributed by atoms with Crippen molar-refractivity contribution in [3.05, 3.63) is 105 Å². The molecule has 1 heterocycles. The number of nitrogens with one attached hydrogen (secondary N) is 1. The summed E-state index contributed by atoms with van der Waals surface area (Å²) in [5.74, 6) is 0. The quantitative estimate of drug-likeness (QED) is 0.254. The van der Waals surface area contributed by atoms with Crippen LogP contribution in [0.3, 0.4) is 0 Å². The van der Waals surface area contributed by atoms with Gasteiger partial charge in [-0.1, -0.05) is 36.4 Å². The fraction of sp³-hybridized carbons (Fsp3) is 0.160. The van der Waals surface area contributed by atoms with Gasteiger partial charge in [0, 0.05) is 22.9 Å². The fourth-order valence-corrected chi connectivity index (χ4v) is 5.31. The molecule has 0 radical (unpaired) electrons. The Morgan fingerprint density at radius 1 is 0.943 bits per heavy atom. The van der Waals surface area contributed by atoms with Crippen molar-refractivity contribution in [1.29, 1.82) is 0 Å². The lowest BCUT2D eigenvalue weighted by atomic mass is 10.0. The monoisotopic (exact) mass is 519 g/mol. The maximum absolute atomic E-state index is 13.4. The Kier molecular flexibility index (Phi) is 7.07. The van der Waals surface area contributed by atoms with Gasteiger partial charge >= 0.3 is 11.8 Å². The molecule has 0 fully saturated rings. The van der Waals surface area contributed by atoms with Crippen LogP contribution in [0.1, 0.15) is 22.3 Å².